The van der Waals surface area contributed by atoms with Crippen LogP contribution in [0.5, 0.6) is 0 Å². The van der Waals surface area contributed by atoms with Gasteiger partial charge in [0.15, 0.2) is 11.3 Å². The fourth-order valence-corrected chi connectivity index (χ4v) is 3.03. The van der Waals surface area contributed by atoms with Crippen LogP contribution in [0.25, 0.3) is 11.2 Å². The summed E-state index contributed by atoms with van der Waals surface area (Å²) in [6, 6.07) is 12.0. The van der Waals surface area contributed by atoms with E-state index in [1.165, 1.54) is 15.7 Å². The first kappa shape index (κ1) is 14.9. The molecule has 0 atom stereocenters. The fourth-order valence-electron chi connectivity index (χ4n) is 2.89. The number of carbonyl (C=O) groups is 1. The van der Waals surface area contributed by atoms with E-state index in [0.29, 0.717) is 29.5 Å². The minimum atomic E-state index is -0.0833. The van der Waals surface area contributed by atoms with E-state index in [-0.39, 0.29) is 5.91 Å². The standard InChI is InChI=1S/C18H15ClN4O/c19-15-11-20-17-10-16(21-23(17)12-15)18(24)22-8-6-14(7-9-22)13-4-2-1-3-5-13/h1-6,10-12H,7-9H2. The van der Waals surface area contributed by atoms with Crippen molar-refractivity contribution < 1.29 is 4.79 Å². The van der Waals surface area contributed by atoms with Crippen molar-refractivity contribution >= 4 is 28.7 Å². The van der Waals surface area contributed by atoms with Crippen molar-refractivity contribution in [3.8, 4) is 0 Å². The lowest BCUT2D eigenvalue weighted by Gasteiger charge is -2.26. The highest BCUT2D eigenvalue weighted by Crippen LogP contribution is 2.23. The van der Waals surface area contributed by atoms with Crippen molar-refractivity contribution in [2.75, 3.05) is 13.1 Å². The lowest BCUT2D eigenvalue weighted by atomic mass is 9.99. The molecule has 0 aliphatic carbocycles. The van der Waals surface area contributed by atoms with Gasteiger partial charge in [0.05, 0.1) is 11.2 Å². The fraction of sp³-hybridized carbons (Fsp3) is 0.167. The van der Waals surface area contributed by atoms with E-state index >= 15 is 0 Å². The number of amides is 1. The number of hydrogen-bond donors (Lipinski definition) is 0. The van der Waals surface area contributed by atoms with Crippen LogP contribution in [0, 0.1) is 0 Å². The molecule has 0 saturated carbocycles. The van der Waals surface area contributed by atoms with Gasteiger partial charge < -0.3 is 4.90 Å². The molecule has 2 aromatic heterocycles. The van der Waals surface area contributed by atoms with E-state index in [1.54, 1.807) is 23.4 Å². The molecule has 1 aromatic carbocycles. The molecule has 0 saturated heterocycles. The van der Waals surface area contributed by atoms with Gasteiger partial charge in [-0.05, 0) is 17.6 Å². The molecule has 0 bridgehead atoms. The van der Waals surface area contributed by atoms with Crippen molar-refractivity contribution in [3.05, 3.63) is 71.1 Å². The number of rotatable bonds is 2. The topological polar surface area (TPSA) is 50.5 Å². The zero-order chi connectivity index (χ0) is 16.5. The number of fused-ring (bicyclic) bond motifs is 1. The minimum absolute atomic E-state index is 0.0833. The smallest absolute Gasteiger partial charge is 0.274 e. The Labute approximate surface area is 144 Å². The third kappa shape index (κ3) is 2.78. The van der Waals surface area contributed by atoms with Gasteiger partial charge in [0.2, 0.25) is 0 Å². The normalized spacial score (nSPS) is 14.7. The van der Waals surface area contributed by atoms with Crippen LogP contribution in [0.3, 0.4) is 0 Å². The Balaban J connectivity index is 1.54. The molecule has 1 amide bonds. The summed E-state index contributed by atoms with van der Waals surface area (Å²) in [7, 11) is 0. The van der Waals surface area contributed by atoms with Crippen LogP contribution in [-0.2, 0) is 0 Å². The highest BCUT2D eigenvalue weighted by Gasteiger charge is 2.21. The maximum atomic E-state index is 12.7. The molecule has 0 unspecified atom stereocenters. The lowest BCUT2D eigenvalue weighted by molar-refractivity contribution is 0.0766. The van der Waals surface area contributed by atoms with Crippen LogP contribution < -0.4 is 0 Å². The molecular formula is C18H15ClN4O. The zero-order valence-corrected chi connectivity index (χ0v) is 13.6. The molecule has 120 valence electrons. The van der Waals surface area contributed by atoms with E-state index in [9.17, 15) is 4.79 Å². The number of aromatic nitrogens is 3. The number of halogens is 1. The van der Waals surface area contributed by atoms with Crippen LogP contribution in [0.15, 0.2) is 54.9 Å². The SMILES string of the molecule is O=C(c1cc2ncc(Cl)cn2n1)N1CC=C(c2ccccc2)CC1. The highest BCUT2D eigenvalue weighted by molar-refractivity contribution is 6.30. The second-order valence-corrected chi connectivity index (χ2v) is 6.14. The summed E-state index contributed by atoms with van der Waals surface area (Å²) >= 11 is 5.90. The summed E-state index contributed by atoms with van der Waals surface area (Å²) in [5.74, 6) is -0.0833. The molecule has 0 N–H and O–H groups in total. The van der Waals surface area contributed by atoms with Gasteiger partial charge in [0, 0.05) is 25.4 Å². The highest BCUT2D eigenvalue weighted by atomic mass is 35.5. The van der Waals surface area contributed by atoms with Crippen molar-refractivity contribution in [2.24, 2.45) is 0 Å². The molecule has 24 heavy (non-hydrogen) atoms. The van der Waals surface area contributed by atoms with E-state index in [2.05, 4.69) is 28.3 Å². The third-order valence-corrected chi connectivity index (χ3v) is 4.34. The van der Waals surface area contributed by atoms with Gasteiger partial charge in [-0.3, -0.25) is 4.79 Å². The van der Waals surface area contributed by atoms with Gasteiger partial charge in [-0.25, -0.2) is 9.50 Å². The lowest BCUT2D eigenvalue weighted by Crippen LogP contribution is -2.34. The van der Waals surface area contributed by atoms with Crippen molar-refractivity contribution in [2.45, 2.75) is 6.42 Å². The molecule has 1 aliphatic rings. The predicted molar refractivity (Wildman–Crippen MR) is 92.9 cm³/mol. The summed E-state index contributed by atoms with van der Waals surface area (Å²) in [4.78, 5) is 18.6. The number of hydrogen-bond acceptors (Lipinski definition) is 3. The summed E-state index contributed by atoms with van der Waals surface area (Å²) < 4.78 is 1.53. The minimum Gasteiger partial charge on any atom is -0.333 e. The Kier molecular flexibility index (Phi) is 3.78. The first-order chi connectivity index (χ1) is 11.7. The number of benzene rings is 1. The molecule has 0 radical (unpaired) electrons. The van der Waals surface area contributed by atoms with Crippen LogP contribution in [0.1, 0.15) is 22.5 Å². The molecule has 0 spiro atoms. The van der Waals surface area contributed by atoms with E-state index in [4.69, 9.17) is 11.6 Å². The van der Waals surface area contributed by atoms with Gasteiger partial charge in [-0.1, -0.05) is 48.0 Å². The van der Waals surface area contributed by atoms with Crippen molar-refractivity contribution in [3.63, 3.8) is 0 Å². The van der Waals surface area contributed by atoms with Gasteiger partial charge in [0.25, 0.3) is 5.91 Å². The molecule has 5 nitrogen and oxygen atoms in total. The molecule has 4 rings (SSSR count). The quantitative estimate of drug-likeness (QED) is 0.720. The predicted octanol–water partition coefficient (Wildman–Crippen LogP) is 3.31. The monoisotopic (exact) mass is 338 g/mol. The van der Waals surface area contributed by atoms with Gasteiger partial charge in [-0.2, -0.15) is 5.10 Å². The summed E-state index contributed by atoms with van der Waals surface area (Å²) in [5.41, 5.74) is 3.50. The molecular weight excluding hydrogens is 324 g/mol. The second kappa shape index (κ2) is 6.09. The van der Waals surface area contributed by atoms with Crippen LogP contribution in [-0.4, -0.2) is 38.5 Å². The maximum Gasteiger partial charge on any atom is 0.274 e. The number of carbonyl (C=O) groups excluding carboxylic acids is 1. The Morgan fingerprint density at radius 2 is 2.04 bits per heavy atom. The van der Waals surface area contributed by atoms with E-state index in [1.807, 2.05) is 18.2 Å². The average molecular weight is 339 g/mol. The van der Waals surface area contributed by atoms with Gasteiger partial charge in [-0.15, -0.1) is 0 Å². The summed E-state index contributed by atoms with van der Waals surface area (Å²) in [5, 5.41) is 4.77. The third-order valence-electron chi connectivity index (χ3n) is 4.14. The first-order valence-electron chi connectivity index (χ1n) is 7.75. The summed E-state index contributed by atoms with van der Waals surface area (Å²) in [6.07, 6.45) is 6.14. The Morgan fingerprint density at radius 3 is 2.79 bits per heavy atom. The van der Waals surface area contributed by atoms with E-state index in [0.717, 1.165) is 6.42 Å². The Bertz CT molecular complexity index is 933. The van der Waals surface area contributed by atoms with Crippen LogP contribution in [0.4, 0.5) is 0 Å². The van der Waals surface area contributed by atoms with E-state index < -0.39 is 0 Å². The molecule has 1 aliphatic heterocycles. The Morgan fingerprint density at radius 1 is 1.21 bits per heavy atom. The molecule has 0 fully saturated rings. The second-order valence-electron chi connectivity index (χ2n) is 5.70. The number of nitrogens with zero attached hydrogens (tertiary/aromatic N) is 4. The largest absolute Gasteiger partial charge is 0.333 e. The van der Waals surface area contributed by atoms with Gasteiger partial charge >= 0.3 is 0 Å². The molecule has 3 heterocycles. The van der Waals surface area contributed by atoms with Crippen LogP contribution >= 0.6 is 11.6 Å². The molecule has 6 heteroatoms. The van der Waals surface area contributed by atoms with Gasteiger partial charge in [0.1, 0.15) is 0 Å². The van der Waals surface area contributed by atoms with Crippen molar-refractivity contribution in [1.29, 1.82) is 0 Å². The van der Waals surface area contributed by atoms with Crippen LogP contribution in [0.2, 0.25) is 5.02 Å². The van der Waals surface area contributed by atoms with Crippen molar-refractivity contribution in [1.82, 2.24) is 19.5 Å². The zero-order valence-electron chi connectivity index (χ0n) is 12.9. The maximum absolute atomic E-state index is 12.7. The first-order valence-corrected chi connectivity index (χ1v) is 8.13. The molecule has 3 aromatic rings. The Hall–Kier alpha value is -2.66. The summed E-state index contributed by atoms with van der Waals surface area (Å²) in [6.45, 7) is 1.27. The average Bonchev–Trinajstić information content (AvgIpc) is 3.05.